The van der Waals surface area contributed by atoms with Crippen molar-refractivity contribution in [2.75, 3.05) is 33.4 Å². The Morgan fingerprint density at radius 3 is 2.79 bits per heavy atom. The summed E-state index contributed by atoms with van der Waals surface area (Å²) in [6, 6.07) is 4.22. The van der Waals surface area contributed by atoms with E-state index in [0.717, 1.165) is 24.0 Å². The van der Waals surface area contributed by atoms with E-state index in [1.54, 1.807) is 24.1 Å². The van der Waals surface area contributed by atoms with Gasteiger partial charge in [0.1, 0.15) is 0 Å². The molecule has 0 aliphatic carbocycles. The van der Waals surface area contributed by atoms with Crippen LogP contribution in [0, 0.1) is 0 Å². The summed E-state index contributed by atoms with van der Waals surface area (Å²) in [4.78, 5) is 24.9. The lowest BCUT2D eigenvalue weighted by atomic mass is 10.00. The second kappa shape index (κ2) is 8.46. The van der Waals surface area contributed by atoms with Gasteiger partial charge in [0.25, 0.3) is 0 Å². The van der Waals surface area contributed by atoms with Crippen LogP contribution in [0.25, 0.3) is 0 Å². The van der Waals surface area contributed by atoms with Crippen molar-refractivity contribution >= 4 is 22.0 Å². The number of fused-ring (bicyclic) bond motifs is 1. The molecule has 10 heteroatoms. The predicted molar refractivity (Wildman–Crippen MR) is 102 cm³/mol. The Balaban J connectivity index is 1.78. The number of primary amides is 1. The quantitative estimate of drug-likeness (QED) is 0.686. The highest BCUT2D eigenvalue weighted by Crippen LogP contribution is 2.29. The van der Waals surface area contributed by atoms with E-state index >= 15 is 0 Å². The molecule has 28 heavy (non-hydrogen) atoms. The van der Waals surface area contributed by atoms with Gasteiger partial charge in [0.15, 0.2) is 0 Å². The van der Waals surface area contributed by atoms with E-state index in [-0.39, 0.29) is 23.4 Å². The van der Waals surface area contributed by atoms with Crippen molar-refractivity contribution < 1.29 is 22.7 Å². The maximum atomic E-state index is 13.1. The summed E-state index contributed by atoms with van der Waals surface area (Å²) >= 11 is 0. The van der Waals surface area contributed by atoms with Gasteiger partial charge in [-0.2, -0.15) is 4.31 Å². The van der Waals surface area contributed by atoms with Crippen LogP contribution in [0.15, 0.2) is 23.1 Å². The minimum Gasteiger partial charge on any atom is -0.383 e. The minimum absolute atomic E-state index is 0.149. The molecule has 2 aliphatic rings. The number of ether oxygens (including phenoxy) is 1. The number of hydrogen-bond acceptors (Lipinski definition) is 5. The van der Waals surface area contributed by atoms with Crippen molar-refractivity contribution in [3.05, 3.63) is 29.3 Å². The lowest BCUT2D eigenvalue weighted by molar-refractivity contribution is -0.130. The molecule has 0 saturated carbocycles. The monoisotopic (exact) mass is 410 g/mol. The molecule has 1 atom stereocenters. The SMILES string of the molecule is COCC1CCCN1S(=O)(=O)c1ccc2c(c1)CN(C(=O)CNC(N)=O)CC2. The van der Waals surface area contributed by atoms with Crippen LogP contribution in [-0.2, 0) is 32.5 Å². The average Bonchev–Trinajstić information content (AvgIpc) is 3.14. The minimum atomic E-state index is -3.63. The van der Waals surface area contributed by atoms with Crippen molar-refractivity contribution in [2.45, 2.75) is 36.7 Å². The summed E-state index contributed by atoms with van der Waals surface area (Å²) in [5.41, 5.74) is 6.84. The standard InChI is InChI=1S/C18H26N4O5S/c1-27-12-15-3-2-7-22(15)28(25,26)16-5-4-13-6-8-21(11-14(13)9-16)17(23)10-20-18(19)24/h4-5,9,15H,2-3,6-8,10-12H2,1H3,(H3,19,20,24). The average molecular weight is 410 g/mol. The van der Waals surface area contributed by atoms with Crippen molar-refractivity contribution in [1.29, 1.82) is 0 Å². The molecule has 0 bridgehead atoms. The molecule has 1 aromatic rings. The summed E-state index contributed by atoms with van der Waals surface area (Å²) in [7, 11) is -2.06. The largest absolute Gasteiger partial charge is 0.383 e. The third-order valence-electron chi connectivity index (χ3n) is 5.25. The fourth-order valence-electron chi connectivity index (χ4n) is 3.80. The lowest BCUT2D eigenvalue weighted by Gasteiger charge is -2.30. The molecule has 2 aliphatic heterocycles. The Kier molecular flexibility index (Phi) is 6.21. The molecule has 1 saturated heterocycles. The number of nitrogens with zero attached hydrogens (tertiary/aromatic N) is 2. The highest BCUT2D eigenvalue weighted by atomic mass is 32.2. The Hall–Kier alpha value is -2.17. The smallest absolute Gasteiger partial charge is 0.312 e. The Morgan fingerprint density at radius 1 is 1.29 bits per heavy atom. The van der Waals surface area contributed by atoms with Crippen molar-refractivity contribution in [3.8, 4) is 0 Å². The Bertz CT molecular complexity index is 858. The molecule has 0 radical (unpaired) electrons. The molecular weight excluding hydrogens is 384 g/mol. The highest BCUT2D eigenvalue weighted by Gasteiger charge is 2.35. The van der Waals surface area contributed by atoms with E-state index in [1.807, 2.05) is 6.07 Å². The van der Waals surface area contributed by atoms with E-state index in [2.05, 4.69) is 5.32 Å². The lowest BCUT2D eigenvalue weighted by Crippen LogP contribution is -2.44. The third-order valence-corrected chi connectivity index (χ3v) is 7.19. The van der Waals surface area contributed by atoms with Crippen LogP contribution in [-0.4, -0.2) is 69.0 Å². The number of hydrogen-bond donors (Lipinski definition) is 2. The van der Waals surface area contributed by atoms with E-state index in [1.165, 1.54) is 4.31 Å². The summed E-state index contributed by atoms with van der Waals surface area (Å²) in [5, 5.41) is 2.29. The van der Waals surface area contributed by atoms with Crippen molar-refractivity contribution in [3.63, 3.8) is 0 Å². The number of carbonyl (C=O) groups excluding carboxylic acids is 2. The normalized spacial score (nSPS) is 20.0. The summed E-state index contributed by atoms with van der Waals surface area (Å²) < 4.78 is 32.9. The maximum absolute atomic E-state index is 13.1. The first-order valence-corrected chi connectivity index (χ1v) is 10.7. The molecule has 3 amide bonds. The highest BCUT2D eigenvalue weighted by molar-refractivity contribution is 7.89. The molecule has 3 N–H and O–H groups in total. The first-order chi connectivity index (χ1) is 13.3. The molecule has 9 nitrogen and oxygen atoms in total. The van der Waals surface area contributed by atoms with Crippen LogP contribution in [0.3, 0.4) is 0 Å². The Morgan fingerprint density at radius 2 is 2.07 bits per heavy atom. The van der Waals surface area contributed by atoms with E-state index in [0.29, 0.717) is 32.7 Å². The van der Waals surface area contributed by atoms with Gasteiger partial charge in [0.2, 0.25) is 15.9 Å². The Labute approximate surface area is 164 Å². The van der Waals surface area contributed by atoms with Gasteiger partial charge in [-0.3, -0.25) is 4.79 Å². The number of carbonyl (C=O) groups is 2. The topological polar surface area (TPSA) is 122 Å². The molecule has 0 spiro atoms. The summed E-state index contributed by atoms with van der Waals surface area (Å²) in [6.45, 7) is 1.51. The number of amides is 3. The summed E-state index contributed by atoms with van der Waals surface area (Å²) in [6.07, 6.45) is 2.23. The first-order valence-electron chi connectivity index (χ1n) is 9.26. The zero-order valence-corrected chi connectivity index (χ0v) is 16.7. The molecule has 0 aromatic heterocycles. The predicted octanol–water partition coefficient (Wildman–Crippen LogP) is 0.0391. The van der Waals surface area contributed by atoms with Crippen LogP contribution in [0.1, 0.15) is 24.0 Å². The van der Waals surface area contributed by atoms with Gasteiger partial charge >= 0.3 is 6.03 Å². The fourth-order valence-corrected chi connectivity index (χ4v) is 5.53. The number of benzene rings is 1. The van der Waals surface area contributed by atoms with Gasteiger partial charge in [-0.05, 0) is 42.5 Å². The second-order valence-corrected chi connectivity index (χ2v) is 8.97. The molecule has 2 heterocycles. The molecule has 1 fully saturated rings. The second-order valence-electron chi connectivity index (χ2n) is 7.08. The summed E-state index contributed by atoms with van der Waals surface area (Å²) in [5.74, 6) is -0.252. The zero-order chi connectivity index (χ0) is 20.3. The molecule has 3 rings (SSSR count). The number of methoxy groups -OCH3 is 1. The van der Waals surface area contributed by atoms with Crippen molar-refractivity contribution in [2.24, 2.45) is 5.73 Å². The van der Waals surface area contributed by atoms with Crippen molar-refractivity contribution in [1.82, 2.24) is 14.5 Å². The van der Waals surface area contributed by atoms with Gasteiger partial charge < -0.3 is 20.7 Å². The van der Waals surface area contributed by atoms with E-state index < -0.39 is 16.1 Å². The van der Waals surface area contributed by atoms with Gasteiger partial charge in [0.05, 0.1) is 18.0 Å². The van der Waals surface area contributed by atoms with E-state index in [4.69, 9.17) is 10.5 Å². The molecule has 1 aromatic carbocycles. The fraction of sp³-hybridized carbons (Fsp3) is 0.556. The molecule has 1 unspecified atom stereocenters. The molecular formula is C18H26N4O5S. The van der Waals surface area contributed by atoms with Crippen LogP contribution in [0.2, 0.25) is 0 Å². The number of sulfonamides is 1. The number of nitrogens with two attached hydrogens (primary N) is 1. The van der Waals surface area contributed by atoms with Crippen LogP contribution >= 0.6 is 0 Å². The van der Waals surface area contributed by atoms with Crippen LogP contribution < -0.4 is 11.1 Å². The third kappa shape index (κ3) is 4.29. The van der Waals surface area contributed by atoms with Crippen LogP contribution in [0.5, 0.6) is 0 Å². The number of rotatable bonds is 6. The van der Waals surface area contributed by atoms with Gasteiger partial charge in [-0.15, -0.1) is 0 Å². The first kappa shape index (κ1) is 20.6. The number of nitrogens with one attached hydrogen (secondary N) is 1. The maximum Gasteiger partial charge on any atom is 0.312 e. The number of urea groups is 1. The van der Waals surface area contributed by atoms with Gasteiger partial charge in [-0.25, -0.2) is 13.2 Å². The molecule has 154 valence electrons. The van der Waals surface area contributed by atoms with E-state index in [9.17, 15) is 18.0 Å². The van der Waals surface area contributed by atoms with Gasteiger partial charge in [-0.1, -0.05) is 6.07 Å². The van der Waals surface area contributed by atoms with Crippen LogP contribution in [0.4, 0.5) is 4.79 Å². The van der Waals surface area contributed by atoms with Gasteiger partial charge in [0, 0.05) is 32.8 Å². The zero-order valence-electron chi connectivity index (χ0n) is 15.9.